The lowest BCUT2D eigenvalue weighted by atomic mass is 10.1. The zero-order valence-corrected chi connectivity index (χ0v) is 14.7. The van der Waals surface area contributed by atoms with Crippen molar-refractivity contribution in [3.05, 3.63) is 69.3 Å². The maximum atomic E-state index is 12.5. The molecule has 0 unspecified atom stereocenters. The fourth-order valence-corrected chi connectivity index (χ4v) is 2.92. The second-order valence-electron chi connectivity index (χ2n) is 5.43. The summed E-state index contributed by atoms with van der Waals surface area (Å²) in [6.07, 6.45) is 1.57. The first kappa shape index (κ1) is 17.1. The van der Waals surface area contributed by atoms with Gasteiger partial charge in [0.2, 0.25) is 0 Å². The van der Waals surface area contributed by atoms with Crippen LogP contribution in [0, 0.1) is 18.3 Å². The van der Waals surface area contributed by atoms with E-state index in [1.54, 1.807) is 24.3 Å². The van der Waals surface area contributed by atoms with Gasteiger partial charge in [0.15, 0.2) is 0 Å². The number of hydrogen-bond donors (Lipinski definition) is 2. The van der Waals surface area contributed by atoms with E-state index in [-0.39, 0.29) is 10.6 Å². The van der Waals surface area contributed by atoms with Gasteiger partial charge in [-0.3, -0.25) is 4.79 Å². The number of carbonyl (C=O) groups is 1. The lowest BCUT2D eigenvalue weighted by Crippen LogP contribution is -2.13. The third-order valence-electron chi connectivity index (χ3n) is 3.80. The Balaban J connectivity index is 1.97. The first-order valence-electron chi connectivity index (χ1n) is 7.45. The quantitative estimate of drug-likeness (QED) is 0.483. The largest absolute Gasteiger partial charge is 0.358 e. The van der Waals surface area contributed by atoms with Crippen LogP contribution in [0.2, 0.25) is 10.0 Å². The van der Waals surface area contributed by atoms with E-state index in [0.29, 0.717) is 10.7 Å². The molecular formula is C19H13Cl2N3O. The Labute approximate surface area is 154 Å². The van der Waals surface area contributed by atoms with Gasteiger partial charge in [0.05, 0.1) is 15.7 Å². The lowest BCUT2D eigenvalue weighted by Gasteiger charge is -2.07. The fraction of sp³-hybridized carbons (Fsp3) is 0.0526. The normalized spacial score (nSPS) is 11.4. The predicted octanol–water partition coefficient (Wildman–Crippen LogP) is 5.33. The van der Waals surface area contributed by atoms with E-state index in [1.807, 2.05) is 37.3 Å². The van der Waals surface area contributed by atoms with E-state index in [2.05, 4.69) is 10.3 Å². The minimum Gasteiger partial charge on any atom is -0.358 e. The van der Waals surface area contributed by atoms with Crippen molar-refractivity contribution < 1.29 is 4.79 Å². The molecule has 0 spiro atoms. The van der Waals surface area contributed by atoms with Crippen LogP contribution in [-0.2, 0) is 4.79 Å². The number of aromatic nitrogens is 1. The number of nitrogens with one attached hydrogen (secondary N) is 2. The molecule has 1 heterocycles. The Kier molecular flexibility index (Phi) is 4.80. The number of anilines is 1. The molecule has 0 fully saturated rings. The summed E-state index contributed by atoms with van der Waals surface area (Å²) in [4.78, 5) is 15.7. The molecule has 0 radical (unpaired) electrons. The molecule has 3 aromatic rings. The molecule has 124 valence electrons. The minimum absolute atomic E-state index is 0.0242. The smallest absolute Gasteiger partial charge is 0.266 e. The molecule has 0 saturated heterocycles. The number of nitrogens with zero attached hydrogens (tertiary/aromatic N) is 1. The van der Waals surface area contributed by atoms with Crippen LogP contribution in [-0.4, -0.2) is 10.9 Å². The summed E-state index contributed by atoms with van der Waals surface area (Å²) in [6.45, 7) is 1.90. The second kappa shape index (κ2) is 7.02. The molecular weight excluding hydrogens is 357 g/mol. The summed E-state index contributed by atoms with van der Waals surface area (Å²) < 4.78 is 0. The second-order valence-corrected chi connectivity index (χ2v) is 6.22. The first-order chi connectivity index (χ1) is 12.0. The number of para-hydroxylation sites is 1. The van der Waals surface area contributed by atoms with Crippen LogP contribution in [0.15, 0.2) is 48.0 Å². The summed E-state index contributed by atoms with van der Waals surface area (Å²) in [6, 6.07) is 14.6. The number of aryl methyl sites for hydroxylation is 1. The van der Waals surface area contributed by atoms with Crippen molar-refractivity contribution >= 4 is 51.8 Å². The standard InChI is InChI=1S/C19H13Cl2N3O/c1-11-14(13-5-2-3-7-16(13)23-11)9-12(10-22)19(25)24-17-8-4-6-15(20)18(17)21/h2-9,23H,1H3,(H,24,25)/b12-9-. The Bertz CT molecular complexity index is 1040. The lowest BCUT2D eigenvalue weighted by molar-refractivity contribution is -0.112. The maximum Gasteiger partial charge on any atom is 0.266 e. The van der Waals surface area contributed by atoms with E-state index in [4.69, 9.17) is 23.2 Å². The molecule has 0 aliphatic rings. The van der Waals surface area contributed by atoms with Gasteiger partial charge in [-0.1, -0.05) is 47.5 Å². The van der Waals surface area contributed by atoms with Crippen LogP contribution in [0.4, 0.5) is 5.69 Å². The van der Waals surface area contributed by atoms with Crippen LogP contribution >= 0.6 is 23.2 Å². The van der Waals surface area contributed by atoms with Crippen molar-refractivity contribution in [3.8, 4) is 6.07 Å². The van der Waals surface area contributed by atoms with Crippen LogP contribution in [0.1, 0.15) is 11.3 Å². The molecule has 3 rings (SSSR count). The van der Waals surface area contributed by atoms with Gasteiger partial charge in [0.25, 0.3) is 5.91 Å². The molecule has 2 aromatic carbocycles. The molecule has 2 N–H and O–H groups in total. The molecule has 1 aromatic heterocycles. The Hall–Kier alpha value is -2.74. The number of carbonyl (C=O) groups excluding carboxylic acids is 1. The van der Waals surface area contributed by atoms with Crippen molar-refractivity contribution in [2.45, 2.75) is 6.92 Å². The van der Waals surface area contributed by atoms with Crippen LogP contribution in [0.3, 0.4) is 0 Å². The van der Waals surface area contributed by atoms with Crippen molar-refractivity contribution in [3.63, 3.8) is 0 Å². The zero-order chi connectivity index (χ0) is 18.0. The number of hydrogen-bond acceptors (Lipinski definition) is 2. The van der Waals surface area contributed by atoms with Gasteiger partial charge in [-0.2, -0.15) is 5.26 Å². The minimum atomic E-state index is -0.545. The highest BCUT2D eigenvalue weighted by Gasteiger charge is 2.15. The summed E-state index contributed by atoms with van der Waals surface area (Å²) in [5, 5.41) is 13.5. The molecule has 0 saturated carbocycles. The van der Waals surface area contributed by atoms with Crippen molar-refractivity contribution in [2.24, 2.45) is 0 Å². The van der Waals surface area contributed by atoms with Crippen LogP contribution < -0.4 is 5.32 Å². The molecule has 0 aliphatic heterocycles. The molecule has 4 nitrogen and oxygen atoms in total. The number of rotatable bonds is 3. The van der Waals surface area contributed by atoms with E-state index < -0.39 is 5.91 Å². The molecule has 0 aliphatic carbocycles. The molecule has 1 amide bonds. The fourth-order valence-electron chi connectivity index (χ4n) is 2.57. The number of fused-ring (bicyclic) bond motifs is 1. The van der Waals surface area contributed by atoms with Gasteiger partial charge in [-0.25, -0.2) is 0 Å². The summed E-state index contributed by atoms with van der Waals surface area (Å²) in [5.74, 6) is -0.545. The van der Waals surface area contributed by atoms with E-state index in [9.17, 15) is 10.1 Å². The number of halogens is 2. The van der Waals surface area contributed by atoms with Gasteiger partial charge < -0.3 is 10.3 Å². The van der Waals surface area contributed by atoms with Gasteiger partial charge >= 0.3 is 0 Å². The highest BCUT2D eigenvalue weighted by atomic mass is 35.5. The van der Waals surface area contributed by atoms with Gasteiger partial charge in [0.1, 0.15) is 11.6 Å². The van der Waals surface area contributed by atoms with Gasteiger partial charge in [-0.05, 0) is 31.2 Å². The van der Waals surface area contributed by atoms with Gasteiger partial charge in [0, 0.05) is 22.2 Å². The number of H-pyrrole nitrogens is 1. The van der Waals surface area contributed by atoms with Crippen LogP contribution in [0.5, 0.6) is 0 Å². The van der Waals surface area contributed by atoms with E-state index in [0.717, 1.165) is 22.2 Å². The number of nitriles is 1. The number of benzene rings is 2. The predicted molar refractivity (Wildman–Crippen MR) is 102 cm³/mol. The van der Waals surface area contributed by atoms with Crippen LogP contribution in [0.25, 0.3) is 17.0 Å². The highest BCUT2D eigenvalue weighted by molar-refractivity contribution is 6.44. The third kappa shape index (κ3) is 3.39. The molecule has 6 heteroatoms. The van der Waals surface area contributed by atoms with E-state index >= 15 is 0 Å². The highest BCUT2D eigenvalue weighted by Crippen LogP contribution is 2.30. The van der Waals surface area contributed by atoms with E-state index in [1.165, 1.54) is 0 Å². The molecule has 0 bridgehead atoms. The van der Waals surface area contributed by atoms with Crippen molar-refractivity contribution in [1.29, 1.82) is 5.26 Å². The SMILES string of the molecule is Cc1[nH]c2ccccc2c1/C=C(/C#N)C(=O)Nc1cccc(Cl)c1Cl. The average Bonchev–Trinajstić information content (AvgIpc) is 2.92. The van der Waals surface area contributed by atoms with Gasteiger partial charge in [-0.15, -0.1) is 0 Å². The van der Waals surface area contributed by atoms with Crippen molar-refractivity contribution in [1.82, 2.24) is 4.98 Å². The zero-order valence-electron chi connectivity index (χ0n) is 13.2. The molecule has 0 atom stereocenters. The summed E-state index contributed by atoms with van der Waals surface area (Å²) in [7, 11) is 0. The summed E-state index contributed by atoms with van der Waals surface area (Å²) >= 11 is 12.0. The Morgan fingerprint density at radius 1 is 1.20 bits per heavy atom. The summed E-state index contributed by atoms with van der Waals surface area (Å²) in [5.41, 5.74) is 2.96. The average molecular weight is 370 g/mol. The Morgan fingerprint density at radius 2 is 1.96 bits per heavy atom. The number of aromatic amines is 1. The first-order valence-corrected chi connectivity index (χ1v) is 8.21. The third-order valence-corrected chi connectivity index (χ3v) is 4.62. The monoisotopic (exact) mass is 369 g/mol. The number of amides is 1. The Morgan fingerprint density at radius 3 is 2.72 bits per heavy atom. The topological polar surface area (TPSA) is 68.7 Å². The molecule has 25 heavy (non-hydrogen) atoms. The van der Waals surface area contributed by atoms with Crippen molar-refractivity contribution in [2.75, 3.05) is 5.32 Å². The maximum absolute atomic E-state index is 12.5.